The molecule has 1 aromatic heterocycles. The number of hydrogen-bond acceptors (Lipinski definition) is 5. The maximum Gasteiger partial charge on any atom is 0.218 e. The van der Waals surface area contributed by atoms with E-state index < -0.39 is 0 Å². The Hall–Kier alpha value is -1.36. The minimum atomic E-state index is -0.0284. The molecule has 15 heavy (non-hydrogen) atoms. The highest BCUT2D eigenvalue weighted by Crippen LogP contribution is 2.23. The van der Waals surface area contributed by atoms with Gasteiger partial charge < -0.3 is 14.8 Å². The molecule has 1 saturated heterocycles. The standard InChI is InChI=1S/C10H15N3O2/c1-10(3-4-15-6-10)13-8-5-9(14-2)12-7-11-8/h5,7H,3-4,6H2,1-2H3,(H,11,12,13). The molecule has 82 valence electrons. The second-order valence-corrected chi connectivity index (χ2v) is 3.93. The summed E-state index contributed by atoms with van der Waals surface area (Å²) in [6.45, 7) is 3.62. The van der Waals surface area contributed by atoms with Crippen LogP contribution in [0.25, 0.3) is 0 Å². The van der Waals surface area contributed by atoms with Crippen molar-refractivity contribution in [3.63, 3.8) is 0 Å². The molecular formula is C10H15N3O2. The first-order valence-electron chi connectivity index (χ1n) is 4.94. The van der Waals surface area contributed by atoms with Crippen LogP contribution in [0.2, 0.25) is 0 Å². The molecule has 1 N–H and O–H groups in total. The minimum Gasteiger partial charge on any atom is -0.481 e. The van der Waals surface area contributed by atoms with Crippen molar-refractivity contribution in [2.75, 3.05) is 25.6 Å². The van der Waals surface area contributed by atoms with Gasteiger partial charge in [-0.3, -0.25) is 0 Å². The summed E-state index contributed by atoms with van der Waals surface area (Å²) in [5.74, 6) is 1.34. The van der Waals surface area contributed by atoms with E-state index in [2.05, 4.69) is 22.2 Å². The molecule has 1 fully saturated rings. The molecule has 0 aliphatic carbocycles. The number of rotatable bonds is 3. The lowest BCUT2D eigenvalue weighted by atomic mass is 10.0. The first-order chi connectivity index (χ1) is 7.22. The third-order valence-corrected chi connectivity index (χ3v) is 2.50. The number of nitrogens with one attached hydrogen (secondary N) is 1. The quantitative estimate of drug-likeness (QED) is 0.807. The van der Waals surface area contributed by atoms with E-state index in [1.165, 1.54) is 6.33 Å². The van der Waals surface area contributed by atoms with Crippen molar-refractivity contribution in [1.82, 2.24) is 9.97 Å². The van der Waals surface area contributed by atoms with E-state index in [0.717, 1.165) is 18.8 Å². The zero-order valence-corrected chi connectivity index (χ0v) is 8.99. The van der Waals surface area contributed by atoms with Gasteiger partial charge >= 0.3 is 0 Å². The zero-order chi connectivity index (χ0) is 10.7. The Kier molecular flexibility index (Phi) is 2.73. The molecule has 1 aromatic rings. The summed E-state index contributed by atoms with van der Waals surface area (Å²) in [6.07, 6.45) is 2.47. The summed E-state index contributed by atoms with van der Waals surface area (Å²) in [5, 5.41) is 3.34. The van der Waals surface area contributed by atoms with Crippen LogP contribution < -0.4 is 10.1 Å². The average molecular weight is 209 g/mol. The fourth-order valence-electron chi connectivity index (χ4n) is 1.59. The number of nitrogens with zero attached hydrogens (tertiary/aromatic N) is 2. The summed E-state index contributed by atoms with van der Waals surface area (Å²) in [5.41, 5.74) is -0.0284. The van der Waals surface area contributed by atoms with E-state index in [1.807, 2.05) is 0 Å². The molecule has 0 saturated carbocycles. The van der Waals surface area contributed by atoms with E-state index in [-0.39, 0.29) is 5.54 Å². The highest BCUT2D eigenvalue weighted by atomic mass is 16.5. The normalized spacial score (nSPS) is 25.2. The van der Waals surface area contributed by atoms with Crippen molar-refractivity contribution >= 4 is 5.82 Å². The number of ether oxygens (including phenoxy) is 2. The topological polar surface area (TPSA) is 56.3 Å². The fourth-order valence-corrected chi connectivity index (χ4v) is 1.59. The highest BCUT2D eigenvalue weighted by molar-refractivity contribution is 5.40. The second-order valence-electron chi connectivity index (χ2n) is 3.93. The Morgan fingerprint density at radius 1 is 1.53 bits per heavy atom. The van der Waals surface area contributed by atoms with Crippen molar-refractivity contribution in [2.24, 2.45) is 0 Å². The molecule has 0 bridgehead atoms. The van der Waals surface area contributed by atoms with Crippen molar-refractivity contribution in [1.29, 1.82) is 0 Å². The summed E-state index contributed by atoms with van der Waals surface area (Å²) in [7, 11) is 1.59. The lowest BCUT2D eigenvalue weighted by Crippen LogP contribution is -2.35. The Morgan fingerprint density at radius 3 is 3.07 bits per heavy atom. The van der Waals surface area contributed by atoms with Crippen LogP contribution in [-0.2, 0) is 4.74 Å². The molecule has 2 rings (SSSR count). The van der Waals surface area contributed by atoms with Gasteiger partial charge in [0, 0.05) is 12.7 Å². The Morgan fingerprint density at radius 2 is 2.40 bits per heavy atom. The molecule has 5 nitrogen and oxygen atoms in total. The predicted octanol–water partition coefficient (Wildman–Crippen LogP) is 1.08. The monoisotopic (exact) mass is 209 g/mol. The van der Waals surface area contributed by atoms with Gasteiger partial charge in [-0.2, -0.15) is 0 Å². The van der Waals surface area contributed by atoms with Gasteiger partial charge in [0.05, 0.1) is 19.3 Å². The molecule has 0 aromatic carbocycles. The highest BCUT2D eigenvalue weighted by Gasteiger charge is 2.29. The van der Waals surface area contributed by atoms with E-state index in [9.17, 15) is 0 Å². The summed E-state index contributed by atoms with van der Waals surface area (Å²) in [4.78, 5) is 8.09. The van der Waals surface area contributed by atoms with Crippen LogP contribution in [0.5, 0.6) is 5.88 Å². The number of anilines is 1. The SMILES string of the molecule is COc1cc(NC2(C)CCOC2)ncn1. The molecule has 0 amide bonds. The molecule has 5 heteroatoms. The van der Waals surface area contributed by atoms with Gasteiger partial charge in [0.15, 0.2) is 0 Å². The average Bonchev–Trinajstić information content (AvgIpc) is 2.65. The molecule has 1 aliphatic rings. The third kappa shape index (κ3) is 2.36. The number of aromatic nitrogens is 2. The smallest absolute Gasteiger partial charge is 0.218 e. The Balaban J connectivity index is 2.09. The van der Waals surface area contributed by atoms with Gasteiger partial charge in [-0.05, 0) is 13.3 Å². The maximum absolute atomic E-state index is 5.35. The lowest BCUT2D eigenvalue weighted by molar-refractivity contribution is 0.185. The van der Waals surface area contributed by atoms with Crippen LogP contribution in [-0.4, -0.2) is 35.8 Å². The van der Waals surface area contributed by atoms with Crippen molar-refractivity contribution in [2.45, 2.75) is 18.9 Å². The minimum absolute atomic E-state index is 0.0284. The van der Waals surface area contributed by atoms with Crippen LogP contribution >= 0.6 is 0 Å². The molecule has 0 spiro atoms. The first kappa shape index (κ1) is 10.2. The summed E-state index contributed by atoms with van der Waals surface area (Å²) < 4.78 is 10.4. The number of methoxy groups -OCH3 is 1. The van der Waals surface area contributed by atoms with Crippen LogP contribution in [0.1, 0.15) is 13.3 Å². The van der Waals surface area contributed by atoms with Gasteiger partial charge in [-0.25, -0.2) is 9.97 Å². The maximum atomic E-state index is 5.35. The molecule has 1 atom stereocenters. The van der Waals surface area contributed by atoms with Crippen LogP contribution in [0.3, 0.4) is 0 Å². The van der Waals surface area contributed by atoms with Crippen LogP contribution in [0.15, 0.2) is 12.4 Å². The van der Waals surface area contributed by atoms with Gasteiger partial charge in [0.2, 0.25) is 5.88 Å². The Labute approximate surface area is 88.8 Å². The van der Waals surface area contributed by atoms with Gasteiger partial charge in [0.25, 0.3) is 0 Å². The molecule has 1 aliphatic heterocycles. The lowest BCUT2D eigenvalue weighted by Gasteiger charge is -2.24. The fraction of sp³-hybridized carbons (Fsp3) is 0.600. The second kappa shape index (κ2) is 4.02. The van der Waals surface area contributed by atoms with Gasteiger partial charge in [0.1, 0.15) is 12.1 Å². The van der Waals surface area contributed by atoms with E-state index in [0.29, 0.717) is 12.5 Å². The molecular weight excluding hydrogens is 194 g/mol. The van der Waals surface area contributed by atoms with Crippen LogP contribution in [0, 0.1) is 0 Å². The Bertz CT molecular complexity index is 337. The zero-order valence-electron chi connectivity index (χ0n) is 8.99. The van der Waals surface area contributed by atoms with Gasteiger partial charge in [-0.15, -0.1) is 0 Å². The molecule has 2 heterocycles. The molecule has 1 unspecified atom stereocenters. The van der Waals surface area contributed by atoms with Gasteiger partial charge in [-0.1, -0.05) is 0 Å². The van der Waals surface area contributed by atoms with Crippen molar-refractivity contribution in [3.8, 4) is 5.88 Å². The van der Waals surface area contributed by atoms with E-state index >= 15 is 0 Å². The van der Waals surface area contributed by atoms with Crippen LogP contribution in [0.4, 0.5) is 5.82 Å². The van der Waals surface area contributed by atoms with E-state index in [4.69, 9.17) is 9.47 Å². The molecule has 0 radical (unpaired) electrons. The van der Waals surface area contributed by atoms with Crippen molar-refractivity contribution < 1.29 is 9.47 Å². The predicted molar refractivity (Wildman–Crippen MR) is 56.0 cm³/mol. The largest absolute Gasteiger partial charge is 0.481 e. The van der Waals surface area contributed by atoms with Crippen molar-refractivity contribution in [3.05, 3.63) is 12.4 Å². The number of hydrogen-bond donors (Lipinski definition) is 1. The first-order valence-corrected chi connectivity index (χ1v) is 4.94. The summed E-state index contributed by atoms with van der Waals surface area (Å²) in [6, 6.07) is 1.78. The van der Waals surface area contributed by atoms with E-state index in [1.54, 1.807) is 13.2 Å². The third-order valence-electron chi connectivity index (χ3n) is 2.50. The summed E-state index contributed by atoms with van der Waals surface area (Å²) >= 11 is 0.